The Labute approximate surface area is 127 Å². The molecule has 0 aliphatic rings. The lowest BCUT2D eigenvalue weighted by atomic mass is 10.0. The molecule has 5 heteroatoms. The quantitative estimate of drug-likeness (QED) is 0.818. The first-order valence-corrected chi connectivity index (χ1v) is 6.63. The molecule has 1 heterocycles. The summed E-state index contributed by atoms with van der Waals surface area (Å²) in [5.74, 6) is -1.12. The number of methoxy groups -OCH3 is 1. The van der Waals surface area contributed by atoms with Crippen molar-refractivity contribution in [1.29, 1.82) is 0 Å². The number of esters is 1. The van der Waals surface area contributed by atoms with E-state index in [4.69, 9.17) is 0 Å². The fraction of sp³-hybridized carbons (Fsp3) is 0.176. The van der Waals surface area contributed by atoms with Crippen molar-refractivity contribution in [1.82, 2.24) is 4.57 Å². The fourth-order valence-corrected chi connectivity index (χ4v) is 2.29. The van der Waals surface area contributed by atoms with E-state index in [0.29, 0.717) is 22.5 Å². The van der Waals surface area contributed by atoms with Gasteiger partial charge in [0.25, 0.3) is 5.56 Å². The largest absolute Gasteiger partial charge is 0.465 e. The molecular weight excluding hydrogens is 285 g/mol. The smallest absolute Gasteiger partial charge is 0.343 e. The maximum absolute atomic E-state index is 13.1. The van der Waals surface area contributed by atoms with Crippen LogP contribution in [-0.2, 0) is 4.74 Å². The van der Waals surface area contributed by atoms with Crippen LogP contribution in [0.1, 0.15) is 28.5 Å². The number of nitrogens with zero attached hydrogens (tertiary/aromatic N) is 1. The monoisotopic (exact) mass is 301 g/mol. The summed E-state index contributed by atoms with van der Waals surface area (Å²) in [6.07, 6.45) is 0. The van der Waals surface area contributed by atoms with Crippen LogP contribution in [0, 0.1) is 12.7 Å². The lowest BCUT2D eigenvalue weighted by molar-refractivity contribution is 0.0598. The van der Waals surface area contributed by atoms with Crippen LogP contribution < -0.4 is 5.56 Å². The highest BCUT2D eigenvalue weighted by Gasteiger charge is 2.19. The molecule has 0 bridgehead atoms. The first kappa shape index (κ1) is 15.7. The summed E-state index contributed by atoms with van der Waals surface area (Å²) in [6, 6.07) is 6.95. The first-order chi connectivity index (χ1) is 10.4. The number of carbonyl (C=O) groups is 1. The molecule has 0 saturated carbocycles. The van der Waals surface area contributed by atoms with Gasteiger partial charge >= 0.3 is 5.97 Å². The fourth-order valence-electron chi connectivity index (χ4n) is 2.29. The lowest BCUT2D eigenvalue weighted by Gasteiger charge is -2.16. The third kappa shape index (κ3) is 2.70. The third-order valence-corrected chi connectivity index (χ3v) is 3.40. The molecule has 0 fully saturated rings. The van der Waals surface area contributed by atoms with E-state index in [-0.39, 0.29) is 5.56 Å². The Morgan fingerprint density at radius 1 is 1.23 bits per heavy atom. The molecule has 22 heavy (non-hydrogen) atoms. The number of halogens is 1. The molecule has 0 N–H and O–H groups in total. The van der Waals surface area contributed by atoms with E-state index in [1.165, 1.54) is 42.0 Å². The Morgan fingerprint density at radius 3 is 2.32 bits per heavy atom. The number of rotatable bonds is 3. The zero-order valence-electron chi connectivity index (χ0n) is 12.6. The van der Waals surface area contributed by atoms with Gasteiger partial charge in [-0.25, -0.2) is 9.18 Å². The number of hydrogen-bond donors (Lipinski definition) is 0. The predicted molar refractivity (Wildman–Crippen MR) is 82.8 cm³/mol. The van der Waals surface area contributed by atoms with Crippen molar-refractivity contribution in [2.75, 3.05) is 7.11 Å². The lowest BCUT2D eigenvalue weighted by Crippen LogP contribution is -2.28. The minimum absolute atomic E-state index is 0.0876. The van der Waals surface area contributed by atoms with E-state index < -0.39 is 17.3 Å². The molecule has 4 nitrogen and oxygen atoms in total. The van der Waals surface area contributed by atoms with Crippen molar-refractivity contribution >= 4 is 11.5 Å². The number of pyridine rings is 1. The van der Waals surface area contributed by atoms with Crippen molar-refractivity contribution < 1.29 is 13.9 Å². The molecule has 2 rings (SSSR count). The second kappa shape index (κ2) is 5.97. The molecule has 0 radical (unpaired) electrons. The van der Waals surface area contributed by atoms with E-state index in [2.05, 4.69) is 11.3 Å². The summed E-state index contributed by atoms with van der Waals surface area (Å²) in [5, 5.41) is 0. The highest BCUT2D eigenvalue weighted by Crippen LogP contribution is 2.20. The molecule has 2 aromatic rings. The van der Waals surface area contributed by atoms with Crippen molar-refractivity contribution in [2.24, 2.45) is 0 Å². The predicted octanol–water partition coefficient (Wildman–Crippen LogP) is 3.10. The molecule has 0 saturated heterocycles. The molecule has 114 valence electrons. The third-order valence-electron chi connectivity index (χ3n) is 3.40. The first-order valence-electron chi connectivity index (χ1n) is 6.63. The van der Waals surface area contributed by atoms with Crippen LogP contribution in [0.3, 0.4) is 0 Å². The van der Waals surface area contributed by atoms with Gasteiger partial charge in [0.1, 0.15) is 11.4 Å². The van der Waals surface area contributed by atoms with E-state index in [9.17, 15) is 14.0 Å². The highest BCUT2D eigenvalue weighted by atomic mass is 19.1. The van der Waals surface area contributed by atoms with Crippen LogP contribution in [0.4, 0.5) is 4.39 Å². The van der Waals surface area contributed by atoms with Gasteiger partial charge in [-0.3, -0.25) is 9.36 Å². The van der Waals surface area contributed by atoms with Crippen molar-refractivity contribution in [3.8, 4) is 5.69 Å². The van der Waals surface area contributed by atoms with Crippen molar-refractivity contribution in [3.05, 3.63) is 69.9 Å². The Bertz CT molecular complexity index is 804. The molecule has 0 unspecified atom stereocenters. The van der Waals surface area contributed by atoms with Gasteiger partial charge in [-0.05, 0) is 55.3 Å². The maximum atomic E-state index is 13.1. The molecule has 0 spiro atoms. The molecule has 1 aromatic carbocycles. The molecule has 0 amide bonds. The zero-order chi connectivity index (χ0) is 16.4. The van der Waals surface area contributed by atoms with Crippen LogP contribution in [-0.4, -0.2) is 17.6 Å². The van der Waals surface area contributed by atoms with Crippen LogP contribution in [0.5, 0.6) is 0 Å². The van der Waals surface area contributed by atoms with E-state index >= 15 is 0 Å². The highest BCUT2D eigenvalue weighted by molar-refractivity contribution is 5.90. The molecule has 0 aliphatic heterocycles. The summed E-state index contributed by atoms with van der Waals surface area (Å²) >= 11 is 0. The summed E-state index contributed by atoms with van der Waals surface area (Å²) < 4.78 is 19.1. The van der Waals surface area contributed by atoms with E-state index in [1.54, 1.807) is 13.8 Å². The van der Waals surface area contributed by atoms with Crippen LogP contribution in [0.2, 0.25) is 0 Å². The Morgan fingerprint density at radius 2 is 1.82 bits per heavy atom. The van der Waals surface area contributed by atoms with Gasteiger partial charge in [-0.2, -0.15) is 0 Å². The number of carbonyl (C=O) groups excluding carboxylic acids is 1. The van der Waals surface area contributed by atoms with Crippen LogP contribution >= 0.6 is 0 Å². The van der Waals surface area contributed by atoms with E-state index in [1.807, 2.05) is 0 Å². The summed E-state index contributed by atoms with van der Waals surface area (Å²) in [5.41, 5.74) is 1.87. The van der Waals surface area contributed by atoms with Crippen molar-refractivity contribution in [3.63, 3.8) is 0 Å². The minimum Gasteiger partial charge on any atom is -0.465 e. The summed E-state index contributed by atoms with van der Waals surface area (Å²) in [6.45, 7) is 7.39. The Kier molecular flexibility index (Phi) is 4.26. The number of ether oxygens (including phenoxy) is 1. The average Bonchev–Trinajstić information content (AvgIpc) is 2.48. The van der Waals surface area contributed by atoms with Crippen LogP contribution in [0.25, 0.3) is 11.3 Å². The van der Waals surface area contributed by atoms with Gasteiger partial charge in [0.05, 0.1) is 7.11 Å². The minimum atomic E-state index is -0.719. The van der Waals surface area contributed by atoms with Gasteiger partial charge in [0.15, 0.2) is 0 Å². The zero-order valence-corrected chi connectivity index (χ0v) is 12.6. The molecule has 1 aromatic heterocycles. The van der Waals surface area contributed by atoms with Gasteiger partial charge in [0.2, 0.25) is 0 Å². The average molecular weight is 301 g/mol. The van der Waals surface area contributed by atoms with Crippen LogP contribution in [0.15, 0.2) is 41.7 Å². The standard InChI is InChI=1S/C17H16FNO3/c1-10(2)14-9-15(17(21)22-4)16(20)19(11(14)3)13-7-5-12(18)6-8-13/h5-9H,1H2,2-4H3. The molecule has 0 atom stereocenters. The summed E-state index contributed by atoms with van der Waals surface area (Å²) in [4.78, 5) is 24.4. The van der Waals surface area contributed by atoms with Crippen molar-refractivity contribution in [2.45, 2.75) is 13.8 Å². The molecular formula is C17H16FNO3. The van der Waals surface area contributed by atoms with Gasteiger partial charge in [-0.15, -0.1) is 0 Å². The topological polar surface area (TPSA) is 48.3 Å². The normalized spacial score (nSPS) is 10.4. The second-order valence-corrected chi connectivity index (χ2v) is 4.95. The number of allylic oxidation sites excluding steroid dienone is 1. The Hall–Kier alpha value is -2.69. The van der Waals surface area contributed by atoms with Gasteiger partial charge in [-0.1, -0.05) is 6.58 Å². The number of benzene rings is 1. The van der Waals surface area contributed by atoms with E-state index in [0.717, 1.165) is 0 Å². The summed E-state index contributed by atoms with van der Waals surface area (Å²) in [7, 11) is 1.21. The Balaban J connectivity index is 2.84. The van der Waals surface area contributed by atoms with Gasteiger partial charge in [0, 0.05) is 11.4 Å². The number of hydrogen-bond acceptors (Lipinski definition) is 3. The second-order valence-electron chi connectivity index (χ2n) is 4.95. The maximum Gasteiger partial charge on any atom is 0.343 e. The van der Waals surface area contributed by atoms with Gasteiger partial charge < -0.3 is 4.74 Å². The molecule has 0 aliphatic carbocycles. The number of aromatic nitrogens is 1. The SMILES string of the molecule is C=C(C)c1cc(C(=O)OC)c(=O)n(-c2ccc(F)cc2)c1C.